The lowest BCUT2D eigenvalue weighted by molar-refractivity contribution is -0.158. The molecule has 1 aliphatic heterocycles. The zero-order chi connectivity index (χ0) is 26.1. The summed E-state index contributed by atoms with van der Waals surface area (Å²) in [5, 5.41) is 12.4. The summed E-state index contributed by atoms with van der Waals surface area (Å²) < 4.78 is 0.939. The van der Waals surface area contributed by atoms with Crippen molar-refractivity contribution in [1.82, 2.24) is 40.7 Å². The van der Waals surface area contributed by atoms with Crippen molar-refractivity contribution >= 4 is 55.9 Å². The highest BCUT2D eigenvalue weighted by Gasteiger charge is 2.42. The van der Waals surface area contributed by atoms with Gasteiger partial charge in [-0.2, -0.15) is 10.1 Å². The number of nitrogen functional groups attached to an aromatic ring is 1. The first-order valence-electron chi connectivity index (χ1n) is 11.7. The number of urea groups is 1. The predicted molar refractivity (Wildman–Crippen MR) is 140 cm³/mol. The summed E-state index contributed by atoms with van der Waals surface area (Å²) in [5.41, 5.74) is 12.0. The summed E-state index contributed by atoms with van der Waals surface area (Å²) in [4.78, 5) is 45.9. The van der Waals surface area contributed by atoms with Crippen molar-refractivity contribution in [2.75, 3.05) is 26.4 Å². The van der Waals surface area contributed by atoms with Gasteiger partial charge < -0.3 is 20.9 Å². The first-order valence-corrected chi connectivity index (χ1v) is 12.5. The Hall–Kier alpha value is -4.23. The highest BCUT2D eigenvalue weighted by atomic mass is 32.1. The zero-order valence-corrected chi connectivity index (χ0v) is 21.2. The maximum Gasteiger partial charge on any atom is 0.329 e. The number of piperazine rings is 1. The molecule has 0 unspecified atom stereocenters. The highest BCUT2D eigenvalue weighted by Crippen LogP contribution is 2.29. The van der Waals surface area contributed by atoms with Crippen molar-refractivity contribution in [3.05, 3.63) is 53.7 Å². The molecule has 5 N–H and O–H groups in total. The number of hydrazine groups is 1. The molecule has 37 heavy (non-hydrogen) atoms. The van der Waals surface area contributed by atoms with Crippen molar-refractivity contribution in [2.45, 2.75) is 25.2 Å². The number of carbonyl (C=O) groups is 3. The van der Waals surface area contributed by atoms with Crippen LogP contribution in [-0.2, 0) is 22.6 Å². The van der Waals surface area contributed by atoms with Gasteiger partial charge in [0.25, 0.3) is 0 Å². The number of para-hydroxylation sites is 1. The second kappa shape index (κ2) is 10.0. The molecule has 2 aromatic heterocycles. The van der Waals surface area contributed by atoms with Crippen LogP contribution in [-0.4, -0.2) is 81.2 Å². The molecule has 0 aliphatic carbocycles. The van der Waals surface area contributed by atoms with Crippen LogP contribution in [0.25, 0.3) is 21.1 Å². The Balaban J connectivity index is 1.49. The van der Waals surface area contributed by atoms with Gasteiger partial charge >= 0.3 is 6.03 Å². The van der Waals surface area contributed by atoms with E-state index in [-0.39, 0.29) is 19.0 Å². The number of nitrogens with zero attached hydrogens (tertiary/aromatic N) is 5. The number of nitrogens with two attached hydrogens (primary N) is 1. The third kappa shape index (κ3) is 4.78. The van der Waals surface area contributed by atoms with Crippen LogP contribution in [0.15, 0.2) is 42.6 Å². The van der Waals surface area contributed by atoms with Crippen LogP contribution >= 0.6 is 11.3 Å². The van der Waals surface area contributed by atoms with Crippen LogP contribution < -0.4 is 16.5 Å². The van der Waals surface area contributed by atoms with Crippen LogP contribution in [0.5, 0.6) is 0 Å². The van der Waals surface area contributed by atoms with Crippen LogP contribution in [0.1, 0.15) is 11.1 Å². The van der Waals surface area contributed by atoms with Gasteiger partial charge in [-0.25, -0.2) is 9.78 Å². The lowest BCUT2D eigenvalue weighted by Gasteiger charge is -2.47. The van der Waals surface area contributed by atoms with E-state index in [9.17, 15) is 14.4 Å². The van der Waals surface area contributed by atoms with Crippen LogP contribution in [0, 0.1) is 0 Å². The Kier molecular flexibility index (Phi) is 6.63. The molecule has 5 rings (SSSR count). The molecule has 3 heterocycles. The Labute approximate surface area is 216 Å². The lowest BCUT2D eigenvalue weighted by Crippen LogP contribution is -2.68. The second-order valence-electron chi connectivity index (χ2n) is 8.88. The molecule has 1 fully saturated rings. The number of anilines is 1. The fourth-order valence-corrected chi connectivity index (χ4v) is 5.50. The van der Waals surface area contributed by atoms with Crippen LogP contribution in [0.2, 0.25) is 0 Å². The van der Waals surface area contributed by atoms with Gasteiger partial charge in [0.05, 0.1) is 28.5 Å². The number of H-pyrrole nitrogens is 1. The van der Waals surface area contributed by atoms with E-state index < -0.39 is 18.2 Å². The zero-order valence-electron chi connectivity index (χ0n) is 20.3. The molecular formula is C24H27N9O3S. The van der Waals surface area contributed by atoms with Gasteiger partial charge in [-0.15, -0.1) is 0 Å². The number of hydrogen-bond donors (Lipinski definition) is 4. The number of nitrogens with one attached hydrogen (secondary N) is 3. The third-order valence-corrected chi connectivity index (χ3v) is 7.42. The average molecular weight is 522 g/mol. The minimum atomic E-state index is -0.783. The first-order chi connectivity index (χ1) is 17.9. The van der Waals surface area contributed by atoms with Gasteiger partial charge in [0.15, 0.2) is 5.13 Å². The monoisotopic (exact) mass is 521 g/mol. The largest absolute Gasteiger partial charge is 0.375 e. The summed E-state index contributed by atoms with van der Waals surface area (Å²) in [6, 6.07) is 10.3. The minimum absolute atomic E-state index is 0.186. The molecule has 0 radical (unpaired) electrons. The van der Waals surface area contributed by atoms with Gasteiger partial charge in [0.2, 0.25) is 12.3 Å². The Morgan fingerprint density at radius 3 is 2.97 bits per heavy atom. The van der Waals surface area contributed by atoms with Gasteiger partial charge in [-0.3, -0.25) is 20.1 Å². The molecule has 192 valence electrons. The number of rotatable bonds is 7. The van der Waals surface area contributed by atoms with Gasteiger partial charge in [0.1, 0.15) is 12.2 Å². The van der Waals surface area contributed by atoms with E-state index in [2.05, 4.69) is 25.9 Å². The summed E-state index contributed by atoms with van der Waals surface area (Å²) in [6.07, 6.45) is 2.09. The smallest absolute Gasteiger partial charge is 0.329 e. The number of amides is 4. The normalized spacial score (nSPS) is 18.1. The quantitative estimate of drug-likeness (QED) is 0.211. The van der Waals surface area contributed by atoms with Gasteiger partial charge in [0, 0.05) is 32.4 Å². The lowest BCUT2D eigenvalue weighted by atomic mass is 9.99. The molecular weight excluding hydrogens is 494 g/mol. The third-order valence-electron chi connectivity index (χ3n) is 6.57. The topological polar surface area (TPSA) is 153 Å². The number of fused-ring (bicyclic) bond motifs is 2. The van der Waals surface area contributed by atoms with Crippen LogP contribution in [0.4, 0.5) is 9.93 Å². The molecule has 13 heteroatoms. The Morgan fingerprint density at radius 2 is 2.19 bits per heavy atom. The number of benzene rings is 2. The maximum absolute atomic E-state index is 13.9. The predicted octanol–water partition coefficient (Wildman–Crippen LogP) is 1.27. The Morgan fingerprint density at radius 1 is 1.35 bits per heavy atom. The average Bonchev–Trinajstić information content (AvgIpc) is 3.51. The van der Waals surface area contributed by atoms with E-state index in [1.165, 1.54) is 23.3 Å². The van der Waals surface area contributed by atoms with Gasteiger partial charge in [-0.05, 0) is 29.3 Å². The minimum Gasteiger partial charge on any atom is -0.375 e. The highest BCUT2D eigenvalue weighted by molar-refractivity contribution is 7.22. The van der Waals surface area contributed by atoms with Crippen molar-refractivity contribution in [1.29, 1.82) is 0 Å². The molecule has 0 saturated carbocycles. The molecule has 4 aromatic rings. The summed E-state index contributed by atoms with van der Waals surface area (Å²) >= 11 is 1.39. The number of hydrogen-bond acceptors (Lipinski definition) is 8. The molecule has 2 aromatic carbocycles. The number of aromatic amines is 1. The van der Waals surface area contributed by atoms with Crippen LogP contribution in [0.3, 0.4) is 0 Å². The van der Waals surface area contributed by atoms with Gasteiger partial charge in [-0.1, -0.05) is 29.5 Å². The van der Waals surface area contributed by atoms with E-state index >= 15 is 0 Å². The SMILES string of the molecule is CNC(=O)NN(C)[C@H]1CN(Cc2cccc3sc(N)nc23)C(=O)[C@H](Cc2ccc3[nH]ncc3c2)N1C=O. The van der Waals surface area contributed by atoms with E-state index in [1.54, 1.807) is 23.2 Å². The summed E-state index contributed by atoms with van der Waals surface area (Å²) in [5.74, 6) is -0.191. The maximum atomic E-state index is 13.9. The molecule has 2 atom stereocenters. The molecule has 0 bridgehead atoms. The van der Waals surface area contributed by atoms with Crippen molar-refractivity contribution in [2.24, 2.45) is 0 Å². The number of aromatic nitrogens is 3. The Bertz CT molecular complexity index is 1470. The standard InChI is InChI=1S/C24H27N9O3S/c1-26-24(36)30-31(2)20-12-32(11-15-4-3-5-19-21(15)28-23(25)37-19)22(35)18(33(20)13-34)9-14-6-7-17-16(8-14)10-27-29-17/h3-8,10,13,18,20H,9,11-12H2,1-2H3,(H2,25,28)(H,27,29)(H2,26,30,36)/t18-,20+/m0/s1. The molecule has 0 spiro atoms. The first kappa shape index (κ1) is 24.5. The number of likely N-dealkylation sites (N-methyl/N-ethyl adjacent to an activating group) is 1. The molecule has 4 amide bonds. The summed E-state index contributed by atoms with van der Waals surface area (Å²) in [7, 11) is 3.17. The number of thiazole rings is 1. The van der Waals surface area contributed by atoms with E-state index in [1.807, 2.05) is 36.4 Å². The van der Waals surface area contributed by atoms with E-state index in [0.29, 0.717) is 18.0 Å². The fourth-order valence-electron chi connectivity index (χ4n) is 4.72. The van der Waals surface area contributed by atoms with Crippen molar-refractivity contribution in [3.8, 4) is 0 Å². The fraction of sp³-hybridized carbons (Fsp3) is 0.292. The molecule has 12 nitrogen and oxygen atoms in total. The molecule has 1 aliphatic rings. The molecule has 1 saturated heterocycles. The van der Waals surface area contributed by atoms with Crippen molar-refractivity contribution < 1.29 is 14.4 Å². The van der Waals surface area contributed by atoms with Crippen molar-refractivity contribution in [3.63, 3.8) is 0 Å². The van der Waals surface area contributed by atoms with E-state index in [0.717, 1.165) is 32.2 Å². The second-order valence-corrected chi connectivity index (χ2v) is 9.94. The summed E-state index contributed by atoms with van der Waals surface area (Å²) in [6.45, 7) is 0.471. The van der Waals surface area contributed by atoms with E-state index in [4.69, 9.17) is 5.73 Å². The number of carbonyl (C=O) groups excluding carboxylic acids is 3.